The van der Waals surface area contributed by atoms with Crippen molar-refractivity contribution in [3.05, 3.63) is 42.5 Å². The minimum absolute atomic E-state index is 0.392. The molecule has 1 amide bonds. The summed E-state index contributed by atoms with van der Waals surface area (Å²) < 4.78 is 18.9. The van der Waals surface area contributed by atoms with E-state index in [-0.39, 0.29) is 0 Å². The number of rotatable bonds is 9. The summed E-state index contributed by atoms with van der Waals surface area (Å²) in [5, 5.41) is 3.88. The second kappa shape index (κ2) is 11.2. The van der Waals surface area contributed by atoms with Crippen molar-refractivity contribution in [2.24, 2.45) is 0 Å². The van der Waals surface area contributed by atoms with Crippen molar-refractivity contribution in [1.82, 2.24) is 9.47 Å². The maximum atomic E-state index is 12.3. The molecule has 0 radical (unpaired) electrons. The van der Waals surface area contributed by atoms with Gasteiger partial charge in [0.1, 0.15) is 5.75 Å². The highest BCUT2D eigenvalue weighted by Gasteiger charge is 2.27. The van der Waals surface area contributed by atoms with E-state index in [9.17, 15) is 4.79 Å². The zero-order valence-corrected chi connectivity index (χ0v) is 21.0. The fourth-order valence-corrected chi connectivity index (χ4v) is 5.03. The molecule has 1 aliphatic heterocycles. The molecule has 0 bridgehead atoms. The molecule has 2 heterocycles. The first-order valence-corrected chi connectivity index (χ1v) is 13.0. The monoisotopic (exact) mass is 492 g/mol. The highest BCUT2D eigenvalue weighted by atomic mass is 16.5. The average molecular weight is 493 g/mol. The standard InChI is InChI=1S/C28H36N4O4/c1-2-35-23-11-12-24-25(19-23)32(22-5-3-6-22)27(26(24)29)20-7-9-21(10-8-20)30-28(33)36-16-4-13-31-14-17-34-18-15-31/h7-12,19,22H,2-6,13-18,29H2,1H3,(H,30,33). The molecule has 1 aromatic heterocycles. The van der Waals surface area contributed by atoms with Crippen LogP contribution in [0.2, 0.25) is 0 Å². The van der Waals surface area contributed by atoms with Crippen molar-refractivity contribution in [3.63, 3.8) is 0 Å². The summed E-state index contributed by atoms with van der Waals surface area (Å²) in [7, 11) is 0. The van der Waals surface area contributed by atoms with Crippen LogP contribution < -0.4 is 15.8 Å². The van der Waals surface area contributed by atoms with Crippen molar-refractivity contribution in [3.8, 4) is 17.0 Å². The Labute approximate surface area is 212 Å². The Bertz CT molecular complexity index is 1180. The van der Waals surface area contributed by atoms with E-state index in [1.165, 1.54) is 6.42 Å². The Morgan fingerprint density at radius 2 is 1.92 bits per heavy atom. The van der Waals surface area contributed by atoms with Crippen LogP contribution in [0, 0.1) is 0 Å². The second-order valence-corrected chi connectivity index (χ2v) is 9.47. The Morgan fingerprint density at radius 3 is 2.61 bits per heavy atom. The Kier molecular flexibility index (Phi) is 7.63. The highest BCUT2D eigenvalue weighted by Crippen LogP contribution is 2.44. The number of hydrogen-bond donors (Lipinski definition) is 2. The van der Waals surface area contributed by atoms with Crippen LogP contribution >= 0.6 is 0 Å². The summed E-state index contributed by atoms with van der Waals surface area (Å²) in [6.07, 6.45) is 3.89. The predicted molar refractivity (Wildman–Crippen MR) is 143 cm³/mol. The van der Waals surface area contributed by atoms with Gasteiger partial charge in [0.25, 0.3) is 0 Å². The summed E-state index contributed by atoms with van der Waals surface area (Å²) in [4.78, 5) is 14.6. The molecule has 3 aromatic rings. The van der Waals surface area contributed by atoms with Gasteiger partial charge in [0.2, 0.25) is 0 Å². The molecule has 2 aliphatic rings. The molecule has 1 saturated carbocycles. The van der Waals surface area contributed by atoms with E-state index in [1.54, 1.807) is 0 Å². The van der Waals surface area contributed by atoms with Crippen molar-refractivity contribution < 1.29 is 19.0 Å². The first-order valence-electron chi connectivity index (χ1n) is 13.0. The normalized spacial score (nSPS) is 16.6. The van der Waals surface area contributed by atoms with Crippen molar-refractivity contribution in [2.45, 2.75) is 38.6 Å². The zero-order valence-electron chi connectivity index (χ0n) is 21.0. The van der Waals surface area contributed by atoms with E-state index in [0.29, 0.717) is 24.9 Å². The lowest BCUT2D eigenvalue weighted by Gasteiger charge is -2.30. The van der Waals surface area contributed by atoms with Crippen LogP contribution in [0.4, 0.5) is 16.2 Å². The van der Waals surface area contributed by atoms with E-state index < -0.39 is 6.09 Å². The number of ether oxygens (including phenoxy) is 3. The van der Waals surface area contributed by atoms with Gasteiger partial charge in [0, 0.05) is 48.4 Å². The fraction of sp³-hybridized carbons (Fsp3) is 0.464. The summed E-state index contributed by atoms with van der Waals surface area (Å²) in [6.45, 7) is 7.36. The van der Waals surface area contributed by atoms with Crippen molar-refractivity contribution in [2.75, 3.05) is 57.1 Å². The molecule has 1 aliphatic carbocycles. The van der Waals surface area contributed by atoms with Crippen molar-refractivity contribution >= 4 is 28.4 Å². The van der Waals surface area contributed by atoms with Gasteiger partial charge in [-0.25, -0.2) is 4.79 Å². The molecule has 8 nitrogen and oxygen atoms in total. The number of benzene rings is 2. The first kappa shape index (κ1) is 24.5. The molecule has 1 saturated heterocycles. The van der Waals surface area contributed by atoms with Crippen LogP contribution in [0.3, 0.4) is 0 Å². The summed E-state index contributed by atoms with van der Waals surface area (Å²) in [5.41, 5.74) is 11.3. The number of fused-ring (bicyclic) bond motifs is 1. The van der Waals surface area contributed by atoms with Gasteiger partial charge in [-0.1, -0.05) is 12.1 Å². The molecule has 0 spiro atoms. The van der Waals surface area contributed by atoms with Gasteiger partial charge < -0.3 is 24.5 Å². The van der Waals surface area contributed by atoms with Gasteiger partial charge in [0.15, 0.2) is 0 Å². The van der Waals surface area contributed by atoms with E-state index in [4.69, 9.17) is 19.9 Å². The Morgan fingerprint density at radius 1 is 1.14 bits per heavy atom. The molecule has 0 unspecified atom stereocenters. The minimum Gasteiger partial charge on any atom is -0.494 e. The lowest BCUT2D eigenvalue weighted by Crippen LogP contribution is -2.37. The predicted octanol–water partition coefficient (Wildman–Crippen LogP) is 5.29. The molecule has 2 fully saturated rings. The minimum atomic E-state index is -0.434. The number of hydrogen-bond acceptors (Lipinski definition) is 6. The lowest BCUT2D eigenvalue weighted by atomic mass is 9.92. The molecular formula is C28H36N4O4. The van der Waals surface area contributed by atoms with Crippen LogP contribution in [-0.4, -0.2) is 61.6 Å². The SMILES string of the molecule is CCOc1ccc2c(N)c(-c3ccc(NC(=O)OCCCN4CCOCC4)cc3)n(C3CCC3)c2c1. The maximum absolute atomic E-state index is 12.3. The topological polar surface area (TPSA) is 91.0 Å². The number of nitrogen functional groups attached to an aromatic ring is 1. The van der Waals surface area contributed by atoms with Crippen LogP contribution in [0.1, 0.15) is 38.6 Å². The quantitative estimate of drug-likeness (QED) is 0.395. The number of carbonyl (C=O) groups is 1. The molecule has 36 heavy (non-hydrogen) atoms. The number of anilines is 2. The van der Waals surface area contributed by atoms with E-state index in [2.05, 4.69) is 26.9 Å². The first-order chi connectivity index (χ1) is 17.6. The zero-order chi connectivity index (χ0) is 24.9. The number of nitrogens with one attached hydrogen (secondary N) is 1. The summed E-state index contributed by atoms with van der Waals surface area (Å²) in [6, 6.07) is 14.4. The number of amides is 1. The molecule has 3 N–H and O–H groups in total. The van der Waals surface area contributed by atoms with Crippen LogP contribution in [0.5, 0.6) is 5.75 Å². The van der Waals surface area contributed by atoms with Crippen LogP contribution in [-0.2, 0) is 9.47 Å². The Balaban J connectivity index is 1.26. The van der Waals surface area contributed by atoms with E-state index in [0.717, 1.165) is 85.7 Å². The largest absolute Gasteiger partial charge is 0.494 e. The van der Waals surface area contributed by atoms with Gasteiger partial charge in [-0.15, -0.1) is 0 Å². The van der Waals surface area contributed by atoms with E-state index >= 15 is 0 Å². The number of nitrogens with two attached hydrogens (primary N) is 1. The van der Waals surface area contributed by atoms with Crippen LogP contribution in [0.25, 0.3) is 22.2 Å². The third-order valence-electron chi connectivity index (χ3n) is 7.13. The lowest BCUT2D eigenvalue weighted by molar-refractivity contribution is 0.0348. The van der Waals surface area contributed by atoms with Gasteiger partial charge in [-0.2, -0.15) is 0 Å². The number of carbonyl (C=O) groups excluding carboxylic acids is 1. The molecular weight excluding hydrogens is 456 g/mol. The van der Waals surface area contributed by atoms with Gasteiger partial charge in [0.05, 0.1) is 43.3 Å². The van der Waals surface area contributed by atoms with E-state index in [1.807, 2.05) is 37.3 Å². The number of morpholine rings is 1. The summed E-state index contributed by atoms with van der Waals surface area (Å²) >= 11 is 0. The second-order valence-electron chi connectivity index (χ2n) is 9.47. The highest BCUT2D eigenvalue weighted by molar-refractivity contribution is 6.01. The molecule has 0 atom stereocenters. The van der Waals surface area contributed by atoms with Gasteiger partial charge in [-0.05, 0) is 56.9 Å². The average Bonchev–Trinajstić information content (AvgIpc) is 3.13. The summed E-state index contributed by atoms with van der Waals surface area (Å²) in [5.74, 6) is 0.859. The fourth-order valence-electron chi connectivity index (χ4n) is 5.03. The van der Waals surface area contributed by atoms with Crippen molar-refractivity contribution in [1.29, 1.82) is 0 Å². The molecule has 8 heteroatoms. The van der Waals surface area contributed by atoms with Crippen LogP contribution in [0.15, 0.2) is 42.5 Å². The Hall–Kier alpha value is -3.23. The third kappa shape index (κ3) is 5.29. The number of aromatic nitrogens is 1. The molecule has 5 rings (SSSR count). The van der Waals surface area contributed by atoms with Gasteiger partial charge >= 0.3 is 6.09 Å². The molecule has 192 valence electrons. The maximum Gasteiger partial charge on any atom is 0.411 e. The van der Waals surface area contributed by atoms with Gasteiger partial charge in [-0.3, -0.25) is 10.2 Å². The smallest absolute Gasteiger partial charge is 0.411 e. The molecule has 2 aromatic carbocycles. The number of nitrogens with zero attached hydrogens (tertiary/aromatic N) is 2. The third-order valence-corrected chi connectivity index (χ3v) is 7.13.